The zero-order valence-corrected chi connectivity index (χ0v) is 24.4. The first-order chi connectivity index (χ1) is 19.7. The Morgan fingerprint density at radius 1 is 0.878 bits per heavy atom. The lowest BCUT2D eigenvalue weighted by Crippen LogP contribution is -2.34. The monoisotopic (exact) mass is 595 g/mol. The van der Waals surface area contributed by atoms with Gasteiger partial charge in [-0.3, -0.25) is 0 Å². The van der Waals surface area contributed by atoms with Gasteiger partial charge >= 0.3 is 0 Å². The van der Waals surface area contributed by atoms with Crippen LogP contribution < -0.4 is 4.31 Å². The van der Waals surface area contributed by atoms with E-state index in [1.54, 1.807) is 80.6 Å². The second kappa shape index (κ2) is 11.5. The van der Waals surface area contributed by atoms with E-state index in [2.05, 4.69) is 5.16 Å². The highest BCUT2D eigenvalue weighted by Crippen LogP contribution is 2.38. The van der Waals surface area contributed by atoms with E-state index >= 15 is 0 Å². The quantitative estimate of drug-likeness (QED) is 0.155. The lowest BCUT2D eigenvalue weighted by atomic mass is 10.1. The van der Waals surface area contributed by atoms with Crippen molar-refractivity contribution in [3.63, 3.8) is 0 Å². The molecule has 41 heavy (non-hydrogen) atoms. The van der Waals surface area contributed by atoms with Gasteiger partial charge in [0, 0.05) is 23.6 Å². The third-order valence-corrected chi connectivity index (χ3v) is 10.2. The fraction of sp³-hybridized carbons (Fsp3) is 0.207. The summed E-state index contributed by atoms with van der Waals surface area (Å²) in [5.74, 6) is 0.00664. The van der Waals surface area contributed by atoms with Crippen LogP contribution in [-0.2, 0) is 29.5 Å². The predicted molar refractivity (Wildman–Crippen MR) is 155 cm³/mol. The van der Waals surface area contributed by atoms with Crippen LogP contribution in [0.15, 0.2) is 99.2 Å². The number of ether oxygens (including phenoxy) is 2. The van der Waals surface area contributed by atoms with Crippen molar-refractivity contribution in [2.24, 2.45) is 0 Å². The average molecular weight is 596 g/mol. The first kappa shape index (κ1) is 28.6. The number of fused-ring (bicyclic) bond motifs is 1. The Morgan fingerprint density at radius 3 is 2.27 bits per heavy atom. The molecule has 12 heteroatoms. The summed E-state index contributed by atoms with van der Waals surface area (Å²) in [7, 11) is -6.97. The van der Waals surface area contributed by atoms with Crippen molar-refractivity contribution in [1.82, 2.24) is 9.13 Å². The van der Waals surface area contributed by atoms with E-state index in [9.17, 15) is 16.8 Å². The van der Waals surface area contributed by atoms with Crippen molar-refractivity contribution in [1.29, 1.82) is 0 Å². The highest BCUT2D eigenvalue weighted by molar-refractivity contribution is 7.93. The number of sulfonamides is 1. The number of hydrogen-bond donors (Lipinski definition) is 0. The standard InChI is InChI=1S/C29H29N3O7S2/c1-21-22(2)30-39-29(21)31(20-38-18-17-37-3)41(35,36)28-16-10-8-14-25(28)27-19-23-11-7-9-15-26(23)32(27)40(33,34)24-12-5-4-6-13-24/h4-16,19H,17-18,20H2,1-3H3. The summed E-state index contributed by atoms with van der Waals surface area (Å²) in [6.45, 7) is 3.44. The van der Waals surface area contributed by atoms with Gasteiger partial charge in [-0.25, -0.2) is 25.1 Å². The molecule has 0 atom stereocenters. The minimum absolute atomic E-state index is 0.00664. The number of aryl methyl sites for hydroxylation is 1. The van der Waals surface area contributed by atoms with E-state index in [0.29, 0.717) is 22.2 Å². The normalized spacial score (nSPS) is 12.2. The van der Waals surface area contributed by atoms with Crippen LogP contribution in [0.1, 0.15) is 11.3 Å². The molecule has 0 aliphatic heterocycles. The van der Waals surface area contributed by atoms with Crippen LogP contribution in [-0.4, -0.2) is 53.0 Å². The summed E-state index contributed by atoms with van der Waals surface area (Å²) < 4.78 is 75.0. The van der Waals surface area contributed by atoms with Gasteiger partial charge in [-0.2, -0.15) is 0 Å². The van der Waals surface area contributed by atoms with Crippen molar-refractivity contribution >= 4 is 36.8 Å². The van der Waals surface area contributed by atoms with Gasteiger partial charge in [-0.1, -0.05) is 59.8 Å². The summed E-state index contributed by atoms with van der Waals surface area (Å²) in [4.78, 5) is -0.0556. The van der Waals surface area contributed by atoms with Crippen LogP contribution in [0.3, 0.4) is 0 Å². The Kier molecular flexibility index (Phi) is 8.00. The largest absolute Gasteiger partial charge is 0.382 e. The zero-order chi connectivity index (χ0) is 29.2. The topological polar surface area (TPSA) is 121 Å². The molecule has 2 heterocycles. The molecule has 214 valence electrons. The molecule has 0 fully saturated rings. The van der Waals surface area contributed by atoms with E-state index in [4.69, 9.17) is 14.0 Å². The Labute approximate surface area is 238 Å². The number of hydrogen-bond acceptors (Lipinski definition) is 8. The summed E-state index contributed by atoms with van der Waals surface area (Å²) >= 11 is 0. The number of benzene rings is 3. The highest BCUT2D eigenvalue weighted by Gasteiger charge is 2.34. The predicted octanol–water partition coefficient (Wildman–Crippen LogP) is 4.97. The van der Waals surface area contributed by atoms with Gasteiger partial charge < -0.3 is 14.0 Å². The van der Waals surface area contributed by atoms with Gasteiger partial charge in [0.05, 0.1) is 39.9 Å². The molecule has 0 aliphatic rings. The van der Waals surface area contributed by atoms with Crippen molar-refractivity contribution in [2.45, 2.75) is 23.6 Å². The molecule has 5 rings (SSSR count). The first-order valence-electron chi connectivity index (χ1n) is 12.7. The summed E-state index contributed by atoms with van der Waals surface area (Å²) in [6.07, 6.45) is 0. The maximum absolute atomic E-state index is 14.4. The highest BCUT2D eigenvalue weighted by atomic mass is 32.2. The molecular formula is C29H29N3O7S2. The molecule has 0 unspecified atom stereocenters. The molecule has 0 amide bonds. The number of rotatable bonds is 11. The molecule has 0 saturated heterocycles. The van der Waals surface area contributed by atoms with Crippen molar-refractivity contribution in [2.75, 3.05) is 31.4 Å². The number of nitrogens with zero attached hydrogens (tertiary/aromatic N) is 3. The lowest BCUT2D eigenvalue weighted by Gasteiger charge is -2.23. The van der Waals surface area contributed by atoms with Gasteiger partial charge in [0.1, 0.15) is 6.73 Å². The van der Waals surface area contributed by atoms with Crippen LogP contribution in [0.25, 0.3) is 22.2 Å². The summed E-state index contributed by atoms with van der Waals surface area (Å²) in [5.41, 5.74) is 1.86. The molecular weight excluding hydrogens is 566 g/mol. The Bertz CT molecular complexity index is 1900. The van der Waals surface area contributed by atoms with Crippen LogP contribution in [0.5, 0.6) is 0 Å². The Balaban J connectivity index is 1.72. The summed E-state index contributed by atoms with van der Waals surface area (Å²) in [6, 6.07) is 22.9. The molecule has 10 nitrogen and oxygen atoms in total. The van der Waals surface area contributed by atoms with Gasteiger partial charge in [0.25, 0.3) is 20.0 Å². The van der Waals surface area contributed by atoms with E-state index in [0.717, 1.165) is 4.31 Å². The van der Waals surface area contributed by atoms with Crippen molar-refractivity contribution in [3.05, 3.63) is 96.2 Å². The molecule has 0 aliphatic carbocycles. The number of aromatic nitrogens is 2. The zero-order valence-electron chi connectivity index (χ0n) is 22.7. The van der Waals surface area contributed by atoms with Crippen molar-refractivity contribution < 1.29 is 30.8 Å². The second-order valence-corrected chi connectivity index (χ2v) is 12.9. The van der Waals surface area contributed by atoms with Gasteiger partial charge in [0.2, 0.25) is 5.88 Å². The van der Waals surface area contributed by atoms with Gasteiger partial charge in [-0.15, -0.1) is 0 Å². The molecule has 0 N–H and O–H groups in total. The minimum atomic E-state index is -4.37. The number of anilines is 1. The van der Waals surface area contributed by atoms with Crippen LogP contribution in [0.2, 0.25) is 0 Å². The molecule has 3 aromatic carbocycles. The molecule has 0 bridgehead atoms. The van der Waals surface area contributed by atoms with E-state index in [1.807, 2.05) is 0 Å². The summed E-state index contributed by atoms with van der Waals surface area (Å²) in [5, 5.41) is 4.57. The minimum Gasteiger partial charge on any atom is -0.382 e. The van der Waals surface area contributed by atoms with Crippen LogP contribution >= 0.6 is 0 Å². The average Bonchev–Trinajstić information content (AvgIpc) is 3.53. The number of methoxy groups -OCH3 is 1. The Morgan fingerprint density at radius 2 is 1.56 bits per heavy atom. The smallest absolute Gasteiger partial charge is 0.269 e. The fourth-order valence-corrected chi connectivity index (χ4v) is 7.55. The molecule has 2 aromatic heterocycles. The van der Waals surface area contributed by atoms with E-state index in [1.165, 1.54) is 29.3 Å². The van der Waals surface area contributed by atoms with Crippen LogP contribution in [0, 0.1) is 13.8 Å². The second-order valence-electron chi connectivity index (χ2n) is 9.25. The molecule has 0 saturated carbocycles. The fourth-order valence-electron chi connectivity index (χ4n) is 4.46. The SMILES string of the molecule is COCCOCN(c1onc(C)c1C)S(=O)(=O)c1ccccc1-c1cc2ccccc2n1S(=O)(=O)c1ccccc1. The maximum Gasteiger partial charge on any atom is 0.269 e. The molecule has 0 spiro atoms. The van der Waals surface area contributed by atoms with Gasteiger partial charge in [0.15, 0.2) is 0 Å². The third kappa shape index (κ3) is 5.26. The lowest BCUT2D eigenvalue weighted by molar-refractivity contribution is 0.0744. The van der Waals surface area contributed by atoms with Crippen molar-refractivity contribution in [3.8, 4) is 11.3 Å². The van der Waals surface area contributed by atoms with Gasteiger partial charge in [-0.05, 0) is 44.2 Å². The molecule has 5 aromatic rings. The Hall–Kier alpha value is -3.97. The maximum atomic E-state index is 14.4. The van der Waals surface area contributed by atoms with Crippen LogP contribution in [0.4, 0.5) is 5.88 Å². The molecule has 0 radical (unpaired) electrons. The third-order valence-electron chi connectivity index (χ3n) is 6.68. The first-order valence-corrected chi connectivity index (χ1v) is 15.6. The van der Waals surface area contributed by atoms with E-state index in [-0.39, 0.29) is 46.9 Å². The van der Waals surface area contributed by atoms with E-state index < -0.39 is 20.0 Å². The number of para-hydroxylation sites is 1.